The van der Waals surface area contributed by atoms with Gasteiger partial charge in [0, 0.05) is 30.6 Å². The number of fused-ring (bicyclic) bond motifs is 7. The Morgan fingerprint density at radius 1 is 1.12 bits per heavy atom. The Hall–Kier alpha value is -0.830. The van der Waals surface area contributed by atoms with E-state index < -0.39 is 5.60 Å². The molecule has 0 aromatic carbocycles. The van der Waals surface area contributed by atoms with Gasteiger partial charge >= 0.3 is 0 Å². The van der Waals surface area contributed by atoms with Gasteiger partial charge in [0.05, 0.1) is 5.60 Å². The first-order valence-electron chi connectivity index (χ1n) is 10.6. The highest BCUT2D eigenvalue weighted by Gasteiger charge is 2.62. The van der Waals surface area contributed by atoms with Crippen molar-refractivity contribution in [3.8, 4) is 0 Å². The zero-order chi connectivity index (χ0) is 17.4. The zero-order valence-electron chi connectivity index (χ0n) is 16.2. The summed E-state index contributed by atoms with van der Waals surface area (Å²) in [6.07, 6.45) is 12.2. The number of hydrogen-bond acceptors (Lipinski definition) is 3. The average Bonchev–Trinajstić information content (AvgIpc) is 2.84. The lowest BCUT2D eigenvalue weighted by Crippen LogP contribution is -2.56. The standard InChI is InChI=1S/C22H34N2O/c1-20-10-9-19-23-13-4-14-24(19)18(20)6-5-15-16(20)7-11-21(2)17(15)8-12-22(21,3)25/h6,15-17,25H,4-5,7-14H2,1-3H3/t15-,16+,17-,20+,21-,22-/m1/s1. The van der Waals surface area contributed by atoms with E-state index >= 15 is 0 Å². The monoisotopic (exact) mass is 342 g/mol. The fourth-order valence-corrected chi connectivity index (χ4v) is 7.55. The molecule has 2 aliphatic heterocycles. The first kappa shape index (κ1) is 16.4. The molecule has 5 aliphatic rings. The fraction of sp³-hybridized carbons (Fsp3) is 0.864. The van der Waals surface area contributed by atoms with Crippen LogP contribution in [-0.4, -0.2) is 34.5 Å². The van der Waals surface area contributed by atoms with Crippen molar-refractivity contribution in [3.05, 3.63) is 11.8 Å². The normalized spacial score (nSPS) is 51.7. The van der Waals surface area contributed by atoms with Crippen LogP contribution in [-0.2, 0) is 0 Å². The summed E-state index contributed by atoms with van der Waals surface area (Å²) >= 11 is 0. The molecule has 3 aliphatic carbocycles. The molecule has 3 heteroatoms. The fourth-order valence-electron chi connectivity index (χ4n) is 7.55. The minimum absolute atomic E-state index is 0.127. The molecule has 3 nitrogen and oxygen atoms in total. The van der Waals surface area contributed by atoms with Gasteiger partial charge in [-0.3, -0.25) is 4.99 Å². The Bertz CT molecular complexity index is 650. The Morgan fingerprint density at radius 3 is 2.76 bits per heavy atom. The molecule has 0 aromatic rings. The third-order valence-corrected chi connectivity index (χ3v) is 9.29. The van der Waals surface area contributed by atoms with Crippen LogP contribution in [0.25, 0.3) is 0 Å². The van der Waals surface area contributed by atoms with Gasteiger partial charge < -0.3 is 10.0 Å². The maximum absolute atomic E-state index is 11.1. The molecule has 0 unspecified atom stereocenters. The third-order valence-electron chi connectivity index (χ3n) is 9.29. The minimum Gasteiger partial charge on any atom is -0.390 e. The third kappa shape index (κ3) is 1.99. The van der Waals surface area contributed by atoms with Gasteiger partial charge in [-0.25, -0.2) is 0 Å². The Morgan fingerprint density at radius 2 is 1.92 bits per heavy atom. The van der Waals surface area contributed by atoms with Crippen LogP contribution in [0.5, 0.6) is 0 Å². The number of rotatable bonds is 0. The van der Waals surface area contributed by atoms with E-state index in [4.69, 9.17) is 4.99 Å². The summed E-state index contributed by atoms with van der Waals surface area (Å²) in [4.78, 5) is 7.41. The van der Waals surface area contributed by atoms with Crippen molar-refractivity contribution < 1.29 is 5.11 Å². The number of nitrogens with zero attached hydrogens (tertiary/aromatic N) is 2. The average molecular weight is 343 g/mol. The Labute approximate surface area is 152 Å². The number of aliphatic imine (C=N–C) groups is 1. The molecule has 0 spiro atoms. The quantitative estimate of drug-likeness (QED) is 0.709. The molecule has 5 rings (SSSR count). The number of allylic oxidation sites excluding steroid dienone is 2. The molecule has 0 radical (unpaired) electrons. The summed E-state index contributed by atoms with van der Waals surface area (Å²) in [6, 6.07) is 0. The van der Waals surface area contributed by atoms with Gasteiger partial charge in [0.2, 0.25) is 0 Å². The second kappa shape index (κ2) is 5.12. The van der Waals surface area contributed by atoms with Gasteiger partial charge in [0.15, 0.2) is 0 Å². The first-order valence-corrected chi connectivity index (χ1v) is 10.6. The second-order valence-corrected chi connectivity index (χ2v) is 10.2. The summed E-state index contributed by atoms with van der Waals surface area (Å²) in [5.41, 5.74) is 1.59. The van der Waals surface area contributed by atoms with E-state index in [0.717, 1.165) is 31.2 Å². The van der Waals surface area contributed by atoms with Crippen LogP contribution in [0.4, 0.5) is 0 Å². The lowest BCUT2D eigenvalue weighted by atomic mass is 9.48. The van der Waals surface area contributed by atoms with Crippen molar-refractivity contribution in [1.29, 1.82) is 0 Å². The van der Waals surface area contributed by atoms with E-state index in [0.29, 0.717) is 11.3 Å². The molecule has 138 valence electrons. The molecule has 2 saturated carbocycles. The lowest BCUT2D eigenvalue weighted by molar-refractivity contribution is -0.114. The van der Waals surface area contributed by atoms with Crippen LogP contribution in [0.3, 0.4) is 0 Å². The van der Waals surface area contributed by atoms with Crippen LogP contribution < -0.4 is 0 Å². The Balaban J connectivity index is 1.52. The molecule has 2 heterocycles. The molecule has 1 saturated heterocycles. The predicted molar refractivity (Wildman–Crippen MR) is 101 cm³/mol. The van der Waals surface area contributed by atoms with Crippen molar-refractivity contribution in [2.45, 2.75) is 77.7 Å². The molecule has 0 amide bonds. The second-order valence-electron chi connectivity index (χ2n) is 10.2. The number of piperidine rings is 1. The molecular formula is C22H34N2O. The van der Waals surface area contributed by atoms with Crippen LogP contribution >= 0.6 is 0 Å². The topological polar surface area (TPSA) is 35.8 Å². The van der Waals surface area contributed by atoms with Gasteiger partial charge in [-0.1, -0.05) is 19.9 Å². The number of hydrogen-bond donors (Lipinski definition) is 1. The highest BCUT2D eigenvalue weighted by atomic mass is 16.3. The lowest BCUT2D eigenvalue weighted by Gasteiger charge is -2.60. The van der Waals surface area contributed by atoms with Crippen LogP contribution in [0.1, 0.15) is 72.1 Å². The molecule has 0 aromatic heterocycles. The number of aliphatic hydroxyl groups is 1. The minimum atomic E-state index is -0.465. The van der Waals surface area contributed by atoms with Crippen molar-refractivity contribution in [3.63, 3.8) is 0 Å². The van der Waals surface area contributed by atoms with Gasteiger partial charge in [0.25, 0.3) is 0 Å². The van der Waals surface area contributed by atoms with Crippen LogP contribution in [0, 0.1) is 28.6 Å². The molecule has 6 atom stereocenters. The van der Waals surface area contributed by atoms with E-state index in [-0.39, 0.29) is 5.41 Å². The summed E-state index contributed by atoms with van der Waals surface area (Å²) < 4.78 is 0. The summed E-state index contributed by atoms with van der Waals surface area (Å²) in [7, 11) is 0. The van der Waals surface area contributed by atoms with Crippen molar-refractivity contribution >= 4 is 5.84 Å². The maximum Gasteiger partial charge on any atom is 0.103 e. The Kier molecular flexibility index (Phi) is 3.35. The molecule has 3 fully saturated rings. The van der Waals surface area contributed by atoms with Crippen LogP contribution in [0.15, 0.2) is 16.8 Å². The molecule has 0 bridgehead atoms. The van der Waals surface area contributed by atoms with Crippen molar-refractivity contribution in [2.75, 3.05) is 13.1 Å². The van der Waals surface area contributed by atoms with Crippen molar-refractivity contribution in [1.82, 2.24) is 4.90 Å². The largest absolute Gasteiger partial charge is 0.390 e. The van der Waals surface area contributed by atoms with Crippen LogP contribution in [0.2, 0.25) is 0 Å². The van der Waals surface area contributed by atoms with E-state index in [1.165, 1.54) is 50.9 Å². The molecule has 25 heavy (non-hydrogen) atoms. The summed E-state index contributed by atoms with van der Waals surface area (Å²) in [5.74, 6) is 3.62. The van der Waals surface area contributed by atoms with E-state index in [1.54, 1.807) is 5.70 Å². The predicted octanol–water partition coefficient (Wildman–Crippen LogP) is 4.37. The van der Waals surface area contributed by atoms with Gasteiger partial charge in [0.1, 0.15) is 5.84 Å². The smallest absolute Gasteiger partial charge is 0.103 e. The maximum atomic E-state index is 11.1. The molecular weight excluding hydrogens is 308 g/mol. The highest BCUT2D eigenvalue weighted by molar-refractivity contribution is 5.86. The first-order chi connectivity index (χ1) is 11.9. The summed E-state index contributed by atoms with van der Waals surface area (Å²) in [5, 5.41) is 11.1. The van der Waals surface area contributed by atoms with Crippen molar-refractivity contribution in [2.24, 2.45) is 33.6 Å². The highest BCUT2D eigenvalue weighted by Crippen LogP contribution is 2.66. The van der Waals surface area contributed by atoms with E-state index in [2.05, 4.69) is 31.7 Å². The van der Waals surface area contributed by atoms with Gasteiger partial charge in [-0.05, 0) is 75.0 Å². The summed E-state index contributed by atoms with van der Waals surface area (Å²) in [6.45, 7) is 9.25. The van der Waals surface area contributed by atoms with Gasteiger partial charge in [-0.2, -0.15) is 0 Å². The SMILES string of the molecule is C[C@@]12CCC3=NCCCN3C1=CC[C@H]1[C@H]3CC[C@@](C)(O)[C@]3(C)CC[C@@H]12. The van der Waals surface area contributed by atoms with E-state index in [9.17, 15) is 5.11 Å². The number of amidine groups is 1. The zero-order valence-corrected chi connectivity index (χ0v) is 16.2. The van der Waals surface area contributed by atoms with E-state index in [1.807, 2.05) is 0 Å². The molecule has 1 N–H and O–H groups in total. The van der Waals surface area contributed by atoms with Gasteiger partial charge in [-0.15, -0.1) is 0 Å².